The fourth-order valence-electron chi connectivity index (χ4n) is 4.66. The molecule has 1 fully saturated rings. The van der Waals surface area contributed by atoms with Crippen molar-refractivity contribution in [1.29, 1.82) is 5.26 Å². The number of amides is 2. The number of ether oxygens (including phenoxy) is 2. The van der Waals surface area contributed by atoms with E-state index >= 15 is 0 Å². The first-order valence-corrected chi connectivity index (χ1v) is 13.0. The van der Waals surface area contributed by atoms with Crippen LogP contribution in [0, 0.1) is 11.3 Å². The molecule has 4 rings (SSSR count). The third kappa shape index (κ3) is 6.72. The maximum atomic E-state index is 13.1. The Bertz CT molecular complexity index is 1440. The van der Waals surface area contributed by atoms with Gasteiger partial charge in [-0.15, -0.1) is 0 Å². The number of morpholine rings is 1. The van der Waals surface area contributed by atoms with Gasteiger partial charge in [0, 0.05) is 11.9 Å². The second-order valence-electron chi connectivity index (χ2n) is 10.3. The molecule has 2 aromatic carbocycles. The van der Waals surface area contributed by atoms with Gasteiger partial charge in [0.2, 0.25) is 0 Å². The molecule has 2 heterocycles. The number of alkyl carbamates (subject to hydrolysis) is 1. The van der Waals surface area contributed by atoms with E-state index in [9.17, 15) is 24.9 Å². The summed E-state index contributed by atoms with van der Waals surface area (Å²) in [6.45, 7) is 6.64. The third-order valence-corrected chi connectivity index (χ3v) is 6.88. The highest BCUT2D eigenvalue weighted by atomic mass is 16.6. The zero-order chi connectivity index (χ0) is 28.9. The fourth-order valence-corrected chi connectivity index (χ4v) is 4.66. The number of carbonyl (C=O) groups excluding carboxylic acids is 2. The number of benzene rings is 2. The molecular weight excluding hydrogens is 513 g/mol. The van der Waals surface area contributed by atoms with Crippen LogP contribution in [0.2, 0.25) is 0 Å². The largest absolute Gasteiger partial charge is 0.475 e. The second kappa shape index (κ2) is 12.4. The van der Waals surface area contributed by atoms with E-state index < -0.39 is 30.8 Å². The van der Waals surface area contributed by atoms with E-state index in [2.05, 4.69) is 5.32 Å². The van der Waals surface area contributed by atoms with E-state index in [1.165, 1.54) is 12.3 Å². The molecule has 0 aliphatic carbocycles. The van der Waals surface area contributed by atoms with Crippen LogP contribution >= 0.6 is 0 Å². The van der Waals surface area contributed by atoms with Gasteiger partial charge in [0.25, 0.3) is 5.91 Å². The van der Waals surface area contributed by atoms with Crippen LogP contribution in [0.4, 0.5) is 4.79 Å². The van der Waals surface area contributed by atoms with Gasteiger partial charge in [-0.3, -0.25) is 4.79 Å². The van der Waals surface area contributed by atoms with E-state index in [4.69, 9.17) is 13.9 Å². The van der Waals surface area contributed by atoms with Crippen LogP contribution in [-0.2, 0) is 20.7 Å². The number of hydrogen-bond donors (Lipinski definition) is 3. The molecule has 208 valence electrons. The summed E-state index contributed by atoms with van der Waals surface area (Å²) in [5, 5.41) is 32.8. The van der Waals surface area contributed by atoms with Gasteiger partial charge in [-0.05, 0) is 62.1 Å². The van der Waals surface area contributed by atoms with E-state index in [0.717, 1.165) is 5.39 Å². The normalized spacial score (nSPS) is 16.6. The van der Waals surface area contributed by atoms with Crippen molar-refractivity contribution in [3.8, 4) is 6.07 Å². The van der Waals surface area contributed by atoms with Crippen molar-refractivity contribution in [2.45, 2.75) is 44.8 Å². The lowest BCUT2D eigenvalue weighted by atomic mass is 9.76. The average molecular weight is 545 g/mol. The highest BCUT2D eigenvalue weighted by molar-refractivity contribution is 6.43. The van der Waals surface area contributed by atoms with Crippen molar-refractivity contribution in [3.05, 3.63) is 77.1 Å². The minimum absolute atomic E-state index is 0.00927. The highest BCUT2D eigenvalue weighted by Crippen LogP contribution is 2.25. The maximum absolute atomic E-state index is 13.1. The molecule has 2 atom stereocenters. The van der Waals surface area contributed by atoms with Gasteiger partial charge in [-0.25, -0.2) is 4.79 Å². The van der Waals surface area contributed by atoms with Gasteiger partial charge in [0.15, 0.2) is 0 Å². The van der Waals surface area contributed by atoms with Crippen molar-refractivity contribution < 1.29 is 33.5 Å². The predicted molar refractivity (Wildman–Crippen MR) is 149 cm³/mol. The number of carbonyl (C=O) groups is 2. The van der Waals surface area contributed by atoms with Crippen LogP contribution in [0.25, 0.3) is 17.0 Å². The first-order valence-electron chi connectivity index (χ1n) is 13.0. The lowest BCUT2D eigenvalue weighted by Gasteiger charge is -2.41. The molecule has 0 radical (unpaired) electrons. The summed E-state index contributed by atoms with van der Waals surface area (Å²) in [5.41, 5.74) is 2.05. The Balaban J connectivity index is 1.43. The molecule has 1 aliphatic heterocycles. The maximum Gasteiger partial charge on any atom is 0.475 e. The number of nitrogens with zero attached hydrogens (tertiary/aromatic N) is 2. The molecule has 2 amide bonds. The van der Waals surface area contributed by atoms with Gasteiger partial charge in [-0.1, -0.05) is 36.4 Å². The Morgan fingerprint density at radius 2 is 2.02 bits per heavy atom. The Morgan fingerprint density at radius 3 is 2.75 bits per heavy atom. The van der Waals surface area contributed by atoms with Crippen LogP contribution in [0.3, 0.4) is 0 Å². The SMILES string of the molecule is CC(OC(=O)NC(Cc1coc2ccccc12)B(O)O)c1cccc(C=C(C#N)C(=O)N2CCOCC2(C)C)c1. The predicted octanol–water partition coefficient (Wildman–Crippen LogP) is 3.39. The van der Waals surface area contributed by atoms with E-state index in [1.807, 2.05) is 38.1 Å². The summed E-state index contributed by atoms with van der Waals surface area (Å²) in [4.78, 5) is 27.4. The molecule has 11 heteroatoms. The van der Waals surface area contributed by atoms with Gasteiger partial charge in [0.1, 0.15) is 23.3 Å². The molecule has 1 saturated heterocycles. The first-order chi connectivity index (χ1) is 19.1. The summed E-state index contributed by atoms with van der Waals surface area (Å²) in [7, 11) is -1.83. The van der Waals surface area contributed by atoms with Gasteiger partial charge >= 0.3 is 13.2 Å². The molecule has 0 spiro atoms. The smallest absolute Gasteiger partial charge is 0.464 e. The fraction of sp³-hybridized carbons (Fsp3) is 0.345. The minimum Gasteiger partial charge on any atom is -0.464 e. The van der Waals surface area contributed by atoms with E-state index in [1.54, 1.807) is 42.2 Å². The van der Waals surface area contributed by atoms with Crippen LogP contribution < -0.4 is 5.32 Å². The molecule has 1 aliphatic rings. The molecule has 0 bridgehead atoms. The molecule has 3 aromatic rings. The molecule has 2 unspecified atom stereocenters. The summed E-state index contributed by atoms with van der Waals surface area (Å²) in [5.74, 6) is -1.41. The molecule has 0 saturated carbocycles. The Hall–Kier alpha value is -4.11. The number of furan rings is 1. The topological polar surface area (TPSA) is 145 Å². The summed E-state index contributed by atoms with van der Waals surface area (Å²) < 4.78 is 16.5. The number of hydrogen-bond acceptors (Lipinski definition) is 8. The Morgan fingerprint density at radius 1 is 1.25 bits per heavy atom. The third-order valence-electron chi connectivity index (χ3n) is 6.88. The minimum atomic E-state index is -1.83. The van der Waals surface area contributed by atoms with Crippen molar-refractivity contribution in [1.82, 2.24) is 10.2 Å². The van der Waals surface area contributed by atoms with Crippen molar-refractivity contribution in [2.75, 3.05) is 19.8 Å². The number of nitriles is 1. The van der Waals surface area contributed by atoms with Crippen LogP contribution in [0.1, 0.15) is 43.6 Å². The molecule has 3 N–H and O–H groups in total. The first kappa shape index (κ1) is 28.9. The van der Waals surface area contributed by atoms with Gasteiger partial charge in [-0.2, -0.15) is 5.26 Å². The highest BCUT2D eigenvalue weighted by Gasteiger charge is 2.35. The monoisotopic (exact) mass is 545 g/mol. The average Bonchev–Trinajstić information content (AvgIpc) is 3.33. The lowest BCUT2D eigenvalue weighted by molar-refractivity contribution is -0.141. The number of nitrogens with one attached hydrogen (secondary N) is 1. The zero-order valence-corrected chi connectivity index (χ0v) is 22.7. The zero-order valence-electron chi connectivity index (χ0n) is 22.7. The Labute approximate surface area is 232 Å². The number of para-hydroxylation sites is 1. The molecule has 40 heavy (non-hydrogen) atoms. The van der Waals surface area contributed by atoms with Crippen LogP contribution in [-0.4, -0.2) is 65.3 Å². The van der Waals surface area contributed by atoms with Gasteiger partial charge < -0.3 is 34.2 Å². The lowest BCUT2D eigenvalue weighted by Crippen LogP contribution is -2.55. The Kier molecular flexibility index (Phi) is 8.95. The quantitative estimate of drug-likeness (QED) is 0.222. The summed E-state index contributed by atoms with van der Waals surface area (Å²) >= 11 is 0. The van der Waals surface area contributed by atoms with Crippen molar-refractivity contribution in [2.24, 2.45) is 0 Å². The number of fused-ring (bicyclic) bond motifs is 1. The van der Waals surface area contributed by atoms with Crippen molar-refractivity contribution in [3.63, 3.8) is 0 Å². The van der Waals surface area contributed by atoms with Crippen molar-refractivity contribution >= 4 is 36.2 Å². The van der Waals surface area contributed by atoms with Gasteiger partial charge in [0.05, 0.1) is 31.0 Å². The standard InChI is InChI=1S/C29H32BN3O7/c1-19(40-28(35)32-26(30(36)37)15-23-17-39-25-10-5-4-9-24(23)25)21-8-6-7-20(13-21)14-22(16-31)27(34)33-11-12-38-18-29(33,2)3/h4-10,13-14,17,19,26,36-37H,11-12,15,18H2,1-3H3,(H,32,35). The molecular formula is C29H32BN3O7. The van der Waals surface area contributed by atoms with Crippen LogP contribution in [0.15, 0.2) is 64.8 Å². The molecule has 1 aromatic heterocycles. The van der Waals surface area contributed by atoms with Crippen LogP contribution in [0.5, 0.6) is 0 Å². The van der Waals surface area contributed by atoms with E-state index in [-0.39, 0.29) is 17.9 Å². The van der Waals surface area contributed by atoms with E-state index in [0.29, 0.717) is 42.0 Å². The summed E-state index contributed by atoms with van der Waals surface area (Å²) in [6.07, 6.45) is 1.61. The molecule has 10 nitrogen and oxygen atoms in total. The second-order valence-corrected chi connectivity index (χ2v) is 10.3. The number of rotatable bonds is 8. The summed E-state index contributed by atoms with van der Waals surface area (Å²) in [6, 6.07) is 16.3.